The number of aromatic nitrogens is 1. The summed E-state index contributed by atoms with van der Waals surface area (Å²) < 4.78 is 41.5. The first kappa shape index (κ1) is 25.5. The molecule has 204 valence electrons. The molecule has 1 aromatic heterocycles. The molecule has 2 bridgehead atoms. The first-order valence-corrected chi connectivity index (χ1v) is 15.5. The van der Waals surface area contributed by atoms with Crippen molar-refractivity contribution in [2.75, 3.05) is 20.1 Å². The van der Waals surface area contributed by atoms with Gasteiger partial charge in [0.2, 0.25) is 10.0 Å². The van der Waals surface area contributed by atoms with Crippen LogP contribution in [0.1, 0.15) is 43.2 Å². The average molecular weight is 566 g/mol. The molecule has 2 atom stereocenters. The molecule has 3 heterocycles. The van der Waals surface area contributed by atoms with Crippen molar-refractivity contribution < 1.29 is 17.9 Å². The van der Waals surface area contributed by atoms with E-state index in [1.54, 1.807) is 28.7 Å². The topological polar surface area (TPSA) is 72.0 Å². The number of hydrogen-bond acceptors (Lipinski definition) is 6. The van der Waals surface area contributed by atoms with Gasteiger partial charge in [-0.3, -0.25) is 4.98 Å². The lowest BCUT2D eigenvalue weighted by atomic mass is 9.96. The first-order chi connectivity index (χ1) is 18.8. The van der Waals surface area contributed by atoms with Crippen LogP contribution in [0, 0.1) is 0 Å². The van der Waals surface area contributed by atoms with E-state index in [4.69, 9.17) is 21.1 Å². The molecule has 9 heteroatoms. The Balaban J connectivity index is 1.14. The van der Waals surface area contributed by atoms with Gasteiger partial charge in [-0.25, -0.2) is 8.42 Å². The van der Waals surface area contributed by atoms with Crippen molar-refractivity contribution in [2.45, 2.75) is 67.4 Å². The maximum absolute atomic E-state index is 13.5. The highest BCUT2D eigenvalue weighted by atomic mass is 35.5. The molecule has 2 saturated carbocycles. The average Bonchev–Trinajstić information content (AvgIpc) is 3.85. The number of pyridine rings is 1. The fourth-order valence-corrected chi connectivity index (χ4v) is 7.94. The Labute approximate surface area is 234 Å². The van der Waals surface area contributed by atoms with Gasteiger partial charge >= 0.3 is 0 Å². The van der Waals surface area contributed by atoms with E-state index in [9.17, 15) is 8.42 Å². The molecular formula is C30H32ClN3O4S. The van der Waals surface area contributed by atoms with E-state index in [1.165, 1.54) is 0 Å². The van der Waals surface area contributed by atoms with Gasteiger partial charge in [0.05, 0.1) is 23.2 Å². The van der Waals surface area contributed by atoms with Crippen molar-refractivity contribution in [3.05, 3.63) is 77.1 Å². The number of benzene rings is 2. The summed E-state index contributed by atoms with van der Waals surface area (Å²) in [6, 6.07) is 15.5. The van der Waals surface area contributed by atoms with Crippen molar-refractivity contribution >= 4 is 21.6 Å². The summed E-state index contributed by atoms with van der Waals surface area (Å²) in [7, 11) is -1.54. The lowest BCUT2D eigenvalue weighted by Crippen LogP contribution is -2.47. The number of piperazine rings is 1. The molecule has 0 spiro atoms. The van der Waals surface area contributed by atoms with E-state index in [2.05, 4.69) is 23.0 Å². The molecule has 2 aliphatic carbocycles. The minimum absolute atomic E-state index is 0.0332. The Morgan fingerprint density at radius 3 is 2.59 bits per heavy atom. The number of likely N-dealkylation sites (N-methyl/N-ethyl adjacent to an activating group) is 1. The molecule has 4 fully saturated rings. The van der Waals surface area contributed by atoms with Gasteiger partial charge in [0, 0.05) is 53.7 Å². The quantitative estimate of drug-likeness (QED) is 0.354. The zero-order valence-electron chi connectivity index (χ0n) is 21.9. The van der Waals surface area contributed by atoms with Gasteiger partial charge < -0.3 is 14.4 Å². The number of likely N-dealkylation sites (tertiary alicyclic amines) is 1. The number of para-hydroxylation sites is 1. The second-order valence-electron chi connectivity index (χ2n) is 11.3. The van der Waals surface area contributed by atoms with Crippen LogP contribution >= 0.6 is 11.6 Å². The molecule has 0 N–H and O–H groups in total. The Kier molecular flexibility index (Phi) is 6.25. The molecule has 2 aliphatic heterocycles. The second-order valence-corrected chi connectivity index (χ2v) is 13.6. The number of rotatable bonds is 9. The van der Waals surface area contributed by atoms with Gasteiger partial charge in [0.15, 0.2) is 0 Å². The number of fused-ring (bicyclic) bond motifs is 2. The zero-order valence-corrected chi connectivity index (χ0v) is 23.5. The van der Waals surface area contributed by atoms with Gasteiger partial charge in [-0.05, 0) is 80.6 Å². The van der Waals surface area contributed by atoms with Crippen LogP contribution in [0.2, 0.25) is 5.02 Å². The predicted octanol–water partition coefficient (Wildman–Crippen LogP) is 5.23. The zero-order chi connectivity index (χ0) is 26.8. The number of ether oxygens (including phenoxy) is 2. The van der Waals surface area contributed by atoms with Crippen molar-refractivity contribution in [3.8, 4) is 16.9 Å². The third-order valence-corrected chi connectivity index (χ3v) is 10.9. The summed E-state index contributed by atoms with van der Waals surface area (Å²) in [6.07, 6.45) is 8.78. The van der Waals surface area contributed by atoms with Crippen molar-refractivity contribution in [1.82, 2.24) is 14.2 Å². The number of hydrogen-bond donors (Lipinski definition) is 0. The lowest BCUT2D eigenvalue weighted by Gasteiger charge is -2.31. The Morgan fingerprint density at radius 2 is 1.87 bits per heavy atom. The number of halogens is 1. The molecule has 0 amide bonds. The highest BCUT2D eigenvalue weighted by Crippen LogP contribution is 2.53. The molecule has 2 aromatic carbocycles. The summed E-state index contributed by atoms with van der Waals surface area (Å²) in [4.78, 5) is 6.95. The first-order valence-electron chi connectivity index (χ1n) is 13.7. The molecule has 7 rings (SSSR count). The van der Waals surface area contributed by atoms with E-state index in [1.807, 2.05) is 30.5 Å². The van der Waals surface area contributed by atoms with E-state index >= 15 is 0 Å². The monoisotopic (exact) mass is 565 g/mol. The minimum atomic E-state index is -3.61. The summed E-state index contributed by atoms with van der Waals surface area (Å²) in [5.41, 5.74) is 3.29. The van der Waals surface area contributed by atoms with Crippen LogP contribution in [0.25, 0.3) is 11.1 Å². The van der Waals surface area contributed by atoms with E-state index in [0.29, 0.717) is 29.3 Å². The van der Waals surface area contributed by atoms with Crippen molar-refractivity contribution in [2.24, 2.45) is 0 Å². The normalized spacial score (nSPS) is 24.3. The Morgan fingerprint density at radius 1 is 1.05 bits per heavy atom. The van der Waals surface area contributed by atoms with Crippen LogP contribution < -0.4 is 4.74 Å². The Bertz CT molecular complexity index is 1520. The van der Waals surface area contributed by atoms with E-state index < -0.39 is 15.6 Å². The number of nitrogens with zero attached hydrogens (tertiary/aromatic N) is 3. The lowest BCUT2D eigenvalue weighted by molar-refractivity contribution is 0.0173. The molecule has 0 unspecified atom stereocenters. The molecule has 7 nitrogen and oxygen atoms in total. The van der Waals surface area contributed by atoms with Crippen LogP contribution in [0.15, 0.2) is 65.8 Å². The van der Waals surface area contributed by atoms with Gasteiger partial charge in [0.1, 0.15) is 5.75 Å². The molecule has 2 saturated heterocycles. The standard InChI is InChI=1S/C30H32ClN3O4S/c1-33-17-22-15-21(33)18-34(22)39(35,36)24-8-9-28(31)20(14-24)19-37-30(11-12-30)27-16-32-13-10-25(27)26-4-2-3-5-29(26)38-23-6-7-23/h2-5,8-10,13-14,16,21-23H,6-7,11-12,15,17-19H2,1H3/t21-,22-/m0/s1. The van der Waals surface area contributed by atoms with Crippen LogP contribution in [0.3, 0.4) is 0 Å². The summed E-state index contributed by atoms with van der Waals surface area (Å²) in [5, 5.41) is 0.502. The van der Waals surface area contributed by atoms with Gasteiger partial charge in [-0.2, -0.15) is 4.31 Å². The molecule has 3 aromatic rings. The molecule has 0 radical (unpaired) electrons. The minimum Gasteiger partial charge on any atom is -0.490 e. The maximum Gasteiger partial charge on any atom is 0.243 e. The maximum atomic E-state index is 13.5. The molecule has 39 heavy (non-hydrogen) atoms. The predicted molar refractivity (Wildman–Crippen MR) is 149 cm³/mol. The van der Waals surface area contributed by atoms with Crippen LogP contribution in [-0.4, -0.2) is 60.9 Å². The Hall–Kier alpha value is -2.49. The number of sulfonamides is 1. The smallest absolute Gasteiger partial charge is 0.243 e. The van der Waals surface area contributed by atoms with E-state index in [-0.39, 0.29) is 17.5 Å². The highest BCUT2D eigenvalue weighted by Gasteiger charge is 2.49. The fourth-order valence-electron chi connectivity index (χ4n) is 6.05. The van der Waals surface area contributed by atoms with Crippen molar-refractivity contribution in [3.63, 3.8) is 0 Å². The molecular weight excluding hydrogens is 534 g/mol. The van der Waals surface area contributed by atoms with Gasteiger partial charge in [0.25, 0.3) is 0 Å². The second kappa shape index (κ2) is 9.56. The van der Waals surface area contributed by atoms with Crippen LogP contribution in [0.4, 0.5) is 0 Å². The largest absolute Gasteiger partial charge is 0.490 e. The molecule has 4 aliphatic rings. The van der Waals surface area contributed by atoms with Crippen LogP contribution in [0.5, 0.6) is 5.75 Å². The third kappa shape index (κ3) is 4.66. The van der Waals surface area contributed by atoms with E-state index in [0.717, 1.165) is 61.1 Å². The SMILES string of the molecule is CN1C[C@@H]2C[C@H]1CN2S(=O)(=O)c1ccc(Cl)c(COC2(c3cnccc3-c3ccccc3OC3CC3)CC2)c1. The van der Waals surface area contributed by atoms with Gasteiger partial charge in [-0.15, -0.1) is 0 Å². The summed E-state index contributed by atoms with van der Waals surface area (Å²) in [6.45, 7) is 1.53. The highest BCUT2D eigenvalue weighted by molar-refractivity contribution is 7.89. The van der Waals surface area contributed by atoms with Crippen molar-refractivity contribution in [1.29, 1.82) is 0 Å². The van der Waals surface area contributed by atoms with Gasteiger partial charge in [-0.1, -0.05) is 29.8 Å². The van der Waals surface area contributed by atoms with Crippen LogP contribution in [-0.2, 0) is 27.0 Å². The fraction of sp³-hybridized carbons (Fsp3) is 0.433. The third-order valence-electron chi connectivity index (χ3n) is 8.60. The summed E-state index contributed by atoms with van der Waals surface area (Å²) in [5.74, 6) is 0.881. The summed E-state index contributed by atoms with van der Waals surface area (Å²) >= 11 is 6.56.